The number of anilines is 1. The van der Waals surface area contributed by atoms with E-state index in [-0.39, 0.29) is 16.5 Å². The third-order valence-electron chi connectivity index (χ3n) is 8.92. The van der Waals surface area contributed by atoms with Gasteiger partial charge in [-0.25, -0.2) is 19.2 Å². The highest BCUT2D eigenvalue weighted by Crippen LogP contribution is 2.35. The molecule has 0 radical (unpaired) electrons. The molecule has 2 fully saturated rings. The predicted octanol–water partition coefficient (Wildman–Crippen LogP) is 6.75. The maximum atomic E-state index is 14.4. The van der Waals surface area contributed by atoms with E-state index in [1.165, 1.54) is 12.5 Å². The molecule has 0 bridgehead atoms. The topological polar surface area (TPSA) is 91.6 Å². The largest absolute Gasteiger partial charge is 0.478 e. The number of carboxylic acid groups (broad SMARTS) is 1. The molecule has 1 saturated heterocycles. The molecule has 1 aliphatic heterocycles. The fourth-order valence-corrected chi connectivity index (χ4v) is 6.55. The number of hydrogen-bond acceptors (Lipinski definition) is 5. The second-order valence-corrected chi connectivity index (χ2v) is 12.8. The van der Waals surface area contributed by atoms with Gasteiger partial charge >= 0.3 is 5.97 Å². The van der Waals surface area contributed by atoms with Crippen molar-refractivity contribution in [2.75, 3.05) is 24.5 Å². The summed E-state index contributed by atoms with van der Waals surface area (Å²) in [5.74, 6) is -0.341. The molecule has 8 nitrogen and oxygen atoms in total. The van der Waals surface area contributed by atoms with Gasteiger partial charge in [0.2, 0.25) is 0 Å². The van der Waals surface area contributed by atoms with Crippen LogP contribution in [0.5, 0.6) is 0 Å². The molecule has 0 atom stereocenters. The first-order valence-electron chi connectivity index (χ1n) is 14.7. The molecule has 1 saturated carbocycles. The Labute approximate surface area is 255 Å². The molecule has 1 aliphatic carbocycles. The number of carbonyl (C=O) groups excluding carboxylic acids is 1. The number of hydrogen-bond donors (Lipinski definition) is 1. The van der Waals surface area contributed by atoms with Gasteiger partial charge in [0.1, 0.15) is 23.0 Å². The summed E-state index contributed by atoms with van der Waals surface area (Å²) < 4.78 is 16.5. The quantitative estimate of drug-likeness (QED) is 0.262. The van der Waals surface area contributed by atoms with Crippen LogP contribution in [0.2, 0.25) is 5.02 Å². The smallest absolute Gasteiger partial charge is 0.337 e. The Hall–Kier alpha value is -3.98. The molecule has 4 heterocycles. The lowest BCUT2D eigenvalue weighted by Gasteiger charge is -2.47. The van der Waals surface area contributed by atoms with E-state index in [9.17, 15) is 19.1 Å². The van der Waals surface area contributed by atoms with Gasteiger partial charge in [0.15, 0.2) is 0 Å². The van der Waals surface area contributed by atoms with E-state index in [2.05, 4.69) is 14.5 Å². The third-order valence-corrected chi connectivity index (χ3v) is 9.23. The minimum Gasteiger partial charge on any atom is -0.478 e. The maximum Gasteiger partial charge on any atom is 0.337 e. The fourth-order valence-electron chi connectivity index (χ4n) is 6.43. The summed E-state index contributed by atoms with van der Waals surface area (Å²) in [5, 5.41) is 10.5. The third kappa shape index (κ3) is 5.35. The number of aromatic nitrogens is 3. The Morgan fingerprint density at radius 3 is 2.49 bits per heavy atom. The minimum atomic E-state index is -0.986. The van der Waals surface area contributed by atoms with Crippen molar-refractivity contribution in [3.05, 3.63) is 75.9 Å². The van der Waals surface area contributed by atoms with Crippen molar-refractivity contribution in [3.8, 4) is 11.1 Å². The van der Waals surface area contributed by atoms with Gasteiger partial charge in [-0.05, 0) is 87.9 Å². The van der Waals surface area contributed by atoms with Crippen LogP contribution in [-0.2, 0) is 6.54 Å². The number of amides is 1. The molecule has 1 amide bonds. The number of nitrogens with zero attached hydrogens (tertiary/aromatic N) is 5. The number of carboxylic acids is 1. The molecule has 224 valence electrons. The predicted molar refractivity (Wildman–Crippen MR) is 165 cm³/mol. The summed E-state index contributed by atoms with van der Waals surface area (Å²) in [5.41, 5.74) is 3.48. The lowest BCUT2D eigenvalue weighted by atomic mass is 9.85. The van der Waals surface area contributed by atoms with Crippen LogP contribution in [0.4, 0.5) is 10.2 Å². The average Bonchev–Trinajstić information content (AvgIpc) is 3.28. The Morgan fingerprint density at radius 2 is 1.86 bits per heavy atom. The number of aryl methyl sites for hydroxylation is 2. The SMILES string of the molecule is Cc1cc(N2CCN(C(=O)c3ccc4c(-c5ccc(Cl)c(F)c5)cn(CC5CCC5)c4n3)C(C)(C)C2)nc(C)c1C(=O)O. The first kappa shape index (κ1) is 29.1. The number of piperazine rings is 1. The Kier molecular flexibility index (Phi) is 7.40. The van der Waals surface area contributed by atoms with Gasteiger partial charge in [0.05, 0.1) is 21.8 Å². The van der Waals surface area contributed by atoms with Crippen molar-refractivity contribution < 1.29 is 19.1 Å². The Balaban J connectivity index is 1.30. The second kappa shape index (κ2) is 10.9. The summed E-state index contributed by atoms with van der Waals surface area (Å²) >= 11 is 5.95. The van der Waals surface area contributed by atoms with E-state index in [0.29, 0.717) is 59.5 Å². The first-order valence-corrected chi connectivity index (χ1v) is 15.0. The molecule has 2 aliphatic rings. The number of halogens is 2. The summed E-state index contributed by atoms with van der Waals surface area (Å²) in [6.07, 6.45) is 5.56. The molecule has 10 heteroatoms. The molecular weight excluding hydrogens is 569 g/mol. The van der Waals surface area contributed by atoms with Crippen LogP contribution in [0, 0.1) is 25.6 Å². The van der Waals surface area contributed by atoms with Crippen molar-refractivity contribution in [2.24, 2.45) is 5.92 Å². The zero-order valence-electron chi connectivity index (χ0n) is 24.8. The fraction of sp³-hybridized carbons (Fsp3) is 0.394. The highest BCUT2D eigenvalue weighted by molar-refractivity contribution is 6.30. The lowest BCUT2D eigenvalue weighted by Crippen LogP contribution is -2.61. The van der Waals surface area contributed by atoms with Crippen molar-refractivity contribution in [1.82, 2.24) is 19.4 Å². The second-order valence-electron chi connectivity index (χ2n) is 12.4. The summed E-state index contributed by atoms with van der Waals surface area (Å²) in [6.45, 7) is 9.88. The zero-order chi connectivity index (χ0) is 30.6. The normalized spacial score (nSPS) is 16.9. The van der Waals surface area contributed by atoms with Gasteiger partial charge in [0.25, 0.3) is 5.91 Å². The molecule has 1 aromatic carbocycles. The van der Waals surface area contributed by atoms with Crippen molar-refractivity contribution in [2.45, 2.75) is 59.0 Å². The number of carbonyl (C=O) groups is 2. The van der Waals surface area contributed by atoms with Gasteiger partial charge in [-0.3, -0.25) is 4.79 Å². The van der Waals surface area contributed by atoms with Gasteiger partial charge in [0, 0.05) is 43.3 Å². The number of benzene rings is 1. The number of pyridine rings is 2. The van der Waals surface area contributed by atoms with E-state index in [0.717, 1.165) is 30.3 Å². The van der Waals surface area contributed by atoms with Gasteiger partial charge in [-0.1, -0.05) is 24.1 Å². The van der Waals surface area contributed by atoms with Gasteiger partial charge < -0.3 is 19.5 Å². The van der Waals surface area contributed by atoms with Crippen LogP contribution >= 0.6 is 11.6 Å². The minimum absolute atomic E-state index is 0.0778. The molecule has 43 heavy (non-hydrogen) atoms. The van der Waals surface area contributed by atoms with Crippen LogP contribution in [-0.4, -0.2) is 61.6 Å². The molecule has 4 aromatic rings. The first-order chi connectivity index (χ1) is 20.4. The van der Waals surface area contributed by atoms with E-state index in [1.54, 1.807) is 32.0 Å². The lowest BCUT2D eigenvalue weighted by molar-refractivity contribution is 0.0507. The molecule has 0 spiro atoms. The number of aromatic carboxylic acids is 1. The van der Waals surface area contributed by atoms with Crippen LogP contribution in [0.3, 0.4) is 0 Å². The van der Waals surface area contributed by atoms with E-state index >= 15 is 0 Å². The van der Waals surface area contributed by atoms with E-state index < -0.39 is 17.3 Å². The van der Waals surface area contributed by atoms with E-state index in [1.807, 2.05) is 37.1 Å². The van der Waals surface area contributed by atoms with Crippen molar-refractivity contribution in [1.29, 1.82) is 0 Å². The van der Waals surface area contributed by atoms with Crippen LogP contribution < -0.4 is 4.90 Å². The Bertz CT molecular complexity index is 1740. The van der Waals surface area contributed by atoms with Crippen LogP contribution in [0.1, 0.15) is 65.2 Å². The summed E-state index contributed by atoms with van der Waals surface area (Å²) in [4.78, 5) is 39.1. The van der Waals surface area contributed by atoms with E-state index in [4.69, 9.17) is 16.6 Å². The molecule has 0 unspecified atom stereocenters. The molecule has 6 rings (SSSR count). The molecular formula is C33H35ClFN5O3. The maximum absolute atomic E-state index is 14.4. The molecule has 3 aromatic heterocycles. The monoisotopic (exact) mass is 603 g/mol. The zero-order valence-corrected chi connectivity index (χ0v) is 25.6. The Morgan fingerprint density at radius 1 is 1.09 bits per heavy atom. The van der Waals surface area contributed by atoms with Gasteiger partial charge in [-0.15, -0.1) is 0 Å². The molecule has 1 N–H and O–H groups in total. The van der Waals surface area contributed by atoms with Crippen LogP contribution in [0.15, 0.2) is 42.6 Å². The highest BCUT2D eigenvalue weighted by atomic mass is 35.5. The van der Waals surface area contributed by atoms with Gasteiger partial charge in [-0.2, -0.15) is 0 Å². The highest BCUT2D eigenvalue weighted by Gasteiger charge is 2.38. The number of rotatable bonds is 6. The standard InChI is InChI=1S/C33H35ClFN5O3/c1-19-14-28(36-20(2)29(19)32(42)43)38-12-13-40(33(3,4)18-38)31(41)27-11-9-23-24(22-8-10-25(34)26(35)15-22)17-39(30(23)37-27)16-21-6-5-7-21/h8-11,14-15,17,21H,5-7,12-13,16,18H2,1-4H3,(H,42,43). The van der Waals surface area contributed by atoms with Crippen molar-refractivity contribution in [3.63, 3.8) is 0 Å². The number of fused-ring (bicyclic) bond motifs is 1. The summed E-state index contributed by atoms with van der Waals surface area (Å²) in [6, 6.07) is 10.3. The van der Waals surface area contributed by atoms with Crippen molar-refractivity contribution >= 4 is 40.3 Å². The summed E-state index contributed by atoms with van der Waals surface area (Å²) in [7, 11) is 0. The van der Waals surface area contributed by atoms with Crippen LogP contribution in [0.25, 0.3) is 22.2 Å². The average molecular weight is 604 g/mol.